The normalized spacial score (nSPS) is 15.5. The molecule has 0 N–H and O–H groups in total. The average Bonchev–Trinajstić information content (AvgIpc) is 2.91. The first kappa shape index (κ1) is 32.7. The highest BCUT2D eigenvalue weighted by Crippen LogP contribution is 2.36. The molecule has 3 atom stereocenters. The molecule has 2 aromatic carbocycles. The van der Waals surface area contributed by atoms with Crippen molar-refractivity contribution in [1.29, 1.82) is 5.26 Å². The van der Waals surface area contributed by atoms with Gasteiger partial charge in [0.2, 0.25) is 0 Å². The van der Waals surface area contributed by atoms with Crippen molar-refractivity contribution in [1.82, 2.24) is 0 Å². The van der Waals surface area contributed by atoms with Gasteiger partial charge >= 0.3 is 0 Å². The minimum Gasteiger partial charge on any atom is -0.404 e. The summed E-state index contributed by atoms with van der Waals surface area (Å²) in [7, 11) is -2.52. The summed E-state index contributed by atoms with van der Waals surface area (Å²) in [6, 6.07) is 23.8. The summed E-state index contributed by atoms with van der Waals surface area (Å²) in [6.45, 7) is 18.4. The Kier molecular flexibility index (Phi) is 13.4. The van der Waals surface area contributed by atoms with Crippen molar-refractivity contribution in [3.05, 3.63) is 84.0 Å². The zero-order chi connectivity index (χ0) is 28.9. The fraction of sp³-hybridized carbons (Fsp3) is 0.500. The summed E-state index contributed by atoms with van der Waals surface area (Å²) in [5, 5.41) is 12.1. The molecule has 2 aromatic rings. The molecule has 0 heterocycles. The molecule has 0 aromatic heterocycles. The van der Waals surface area contributed by atoms with E-state index >= 15 is 0 Å². The summed E-state index contributed by atoms with van der Waals surface area (Å²) in [6.07, 6.45) is 6.32. The van der Waals surface area contributed by atoms with Gasteiger partial charge in [-0.05, 0) is 68.3 Å². The maximum Gasteiger partial charge on any atom is 0.261 e. The van der Waals surface area contributed by atoms with Crippen LogP contribution in [0.2, 0.25) is 5.04 Å². The van der Waals surface area contributed by atoms with Gasteiger partial charge in [-0.3, -0.25) is 0 Å². The molecular weight excluding hydrogens is 498 g/mol. The first-order chi connectivity index (χ1) is 18.5. The SMILES string of the molecule is CCOC(C)OC(C#N)CC(C)/C(C)=C/CC/C(C)=C/CO[Si](c1ccccc1)(c1ccccc1)C(C)(C)C. The van der Waals surface area contributed by atoms with E-state index in [1.54, 1.807) is 0 Å². The van der Waals surface area contributed by atoms with Gasteiger partial charge in [-0.25, -0.2) is 0 Å². The monoisotopic (exact) mass is 547 g/mol. The fourth-order valence-electron chi connectivity index (χ4n) is 5.05. The molecule has 0 amide bonds. The molecule has 4 nitrogen and oxygen atoms in total. The van der Waals surface area contributed by atoms with Gasteiger partial charge in [-0.1, -0.05) is 112 Å². The lowest BCUT2D eigenvalue weighted by Crippen LogP contribution is -2.66. The smallest absolute Gasteiger partial charge is 0.261 e. The van der Waals surface area contributed by atoms with Gasteiger partial charge in [0.15, 0.2) is 6.29 Å². The topological polar surface area (TPSA) is 51.5 Å². The lowest BCUT2D eigenvalue weighted by molar-refractivity contribution is -0.146. The van der Waals surface area contributed by atoms with Crippen molar-refractivity contribution >= 4 is 18.7 Å². The Morgan fingerprint density at radius 2 is 1.51 bits per heavy atom. The number of benzene rings is 2. The second kappa shape index (κ2) is 15.9. The summed E-state index contributed by atoms with van der Waals surface area (Å²) in [4.78, 5) is 0. The van der Waals surface area contributed by atoms with E-state index in [1.165, 1.54) is 21.5 Å². The van der Waals surface area contributed by atoms with E-state index in [0.717, 1.165) is 12.8 Å². The van der Waals surface area contributed by atoms with E-state index in [-0.39, 0.29) is 17.2 Å². The highest BCUT2D eigenvalue weighted by Gasteiger charge is 2.49. The number of rotatable bonds is 15. The molecule has 0 bridgehead atoms. The molecule has 0 radical (unpaired) electrons. The molecule has 212 valence electrons. The number of nitriles is 1. The van der Waals surface area contributed by atoms with Gasteiger partial charge in [0.25, 0.3) is 8.32 Å². The van der Waals surface area contributed by atoms with Crippen molar-refractivity contribution in [2.75, 3.05) is 13.2 Å². The number of ether oxygens (including phenoxy) is 2. The minimum atomic E-state index is -2.52. The predicted molar refractivity (Wildman–Crippen MR) is 166 cm³/mol. The Bertz CT molecular complexity index is 1040. The van der Waals surface area contributed by atoms with E-state index in [2.05, 4.69) is 120 Å². The molecule has 0 saturated carbocycles. The van der Waals surface area contributed by atoms with Crippen LogP contribution in [0.5, 0.6) is 0 Å². The van der Waals surface area contributed by atoms with Gasteiger partial charge in [0.05, 0.1) is 12.7 Å². The molecule has 0 aliphatic rings. The minimum absolute atomic E-state index is 0.0289. The fourth-order valence-corrected chi connectivity index (χ4v) is 9.54. The summed E-state index contributed by atoms with van der Waals surface area (Å²) < 4.78 is 18.2. The molecule has 0 aliphatic carbocycles. The van der Waals surface area contributed by atoms with Crippen molar-refractivity contribution in [2.24, 2.45) is 5.92 Å². The van der Waals surface area contributed by atoms with Gasteiger partial charge in [-0.2, -0.15) is 5.26 Å². The predicted octanol–water partition coefficient (Wildman–Crippen LogP) is 7.55. The van der Waals surface area contributed by atoms with Gasteiger partial charge in [0.1, 0.15) is 6.10 Å². The summed E-state index contributed by atoms with van der Waals surface area (Å²) >= 11 is 0. The van der Waals surface area contributed by atoms with Crippen LogP contribution in [0.4, 0.5) is 0 Å². The third-order valence-corrected chi connectivity index (χ3v) is 12.4. The molecule has 0 spiro atoms. The molecule has 2 rings (SSSR count). The molecule has 39 heavy (non-hydrogen) atoms. The lowest BCUT2D eigenvalue weighted by Gasteiger charge is -2.42. The van der Waals surface area contributed by atoms with Crippen LogP contribution in [0.3, 0.4) is 0 Å². The van der Waals surface area contributed by atoms with Gasteiger partial charge in [0, 0.05) is 6.61 Å². The van der Waals surface area contributed by atoms with Gasteiger partial charge < -0.3 is 13.9 Å². The number of nitrogens with zero attached hydrogens (tertiary/aromatic N) is 1. The summed E-state index contributed by atoms with van der Waals surface area (Å²) in [5.74, 6) is 0.270. The third kappa shape index (κ3) is 9.58. The maximum absolute atomic E-state index is 9.49. The molecule has 0 fully saturated rings. The Balaban J connectivity index is 2.05. The van der Waals surface area contributed by atoms with Gasteiger partial charge in [-0.15, -0.1) is 0 Å². The number of hydrogen-bond acceptors (Lipinski definition) is 4. The average molecular weight is 548 g/mol. The Labute approximate surface area is 238 Å². The van der Waals surface area contributed by atoms with Crippen LogP contribution in [0, 0.1) is 17.2 Å². The standard InChI is InChI=1S/C34H49NO3Si/c1-9-36-30(5)38-31(26-35)25-29(4)28(3)18-16-17-27(2)23-24-37-39(34(6,7)8,32-19-12-10-13-20-32)33-21-14-11-15-22-33/h10-15,18-23,29-31H,9,16-17,24-25H2,1-8H3/b27-23+,28-18+. The molecular formula is C34H49NO3Si. The van der Waals surface area contributed by atoms with E-state index in [4.69, 9.17) is 13.9 Å². The van der Waals surface area contributed by atoms with E-state index in [0.29, 0.717) is 19.6 Å². The highest BCUT2D eigenvalue weighted by atomic mass is 28.4. The number of hydrogen-bond donors (Lipinski definition) is 0. The van der Waals surface area contributed by atoms with Crippen molar-refractivity contribution < 1.29 is 13.9 Å². The van der Waals surface area contributed by atoms with Crippen molar-refractivity contribution in [3.8, 4) is 6.07 Å². The summed E-state index contributed by atoms with van der Waals surface area (Å²) in [5.41, 5.74) is 2.62. The second-order valence-corrected chi connectivity index (χ2v) is 15.7. The van der Waals surface area contributed by atoms with Crippen LogP contribution in [-0.4, -0.2) is 33.9 Å². The maximum atomic E-state index is 9.49. The largest absolute Gasteiger partial charge is 0.404 e. The van der Waals surface area contributed by atoms with Crippen LogP contribution in [0.25, 0.3) is 0 Å². The molecule has 0 aliphatic heterocycles. The van der Waals surface area contributed by atoms with Crippen molar-refractivity contribution in [3.63, 3.8) is 0 Å². The first-order valence-electron chi connectivity index (χ1n) is 14.3. The van der Waals surface area contributed by atoms with Crippen molar-refractivity contribution in [2.45, 2.75) is 92.1 Å². The zero-order valence-corrected chi connectivity index (χ0v) is 26.4. The second-order valence-electron chi connectivity index (χ2n) is 11.4. The van der Waals surface area contributed by atoms with Crippen LogP contribution in [-0.2, 0) is 13.9 Å². The lowest BCUT2D eigenvalue weighted by atomic mass is 9.95. The van der Waals surface area contributed by atoms with E-state index in [9.17, 15) is 5.26 Å². The third-order valence-electron chi connectivity index (χ3n) is 7.40. The Hall–Kier alpha value is -2.49. The molecule has 3 unspecified atom stereocenters. The van der Waals surface area contributed by atoms with Crippen LogP contribution in [0.15, 0.2) is 84.0 Å². The van der Waals surface area contributed by atoms with E-state index < -0.39 is 14.4 Å². The van der Waals surface area contributed by atoms with E-state index in [1.807, 2.05) is 13.8 Å². The highest BCUT2D eigenvalue weighted by molar-refractivity contribution is 6.99. The Morgan fingerprint density at radius 3 is 2.00 bits per heavy atom. The Morgan fingerprint density at radius 1 is 0.949 bits per heavy atom. The first-order valence-corrected chi connectivity index (χ1v) is 16.2. The quantitative estimate of drug-likeness (QED) is 0.131. The zero-order valence-electron chi connectivity index (χ0n) is 25.4. The van der Waals surface area contributed by atoms with Crippen LogP contribution >= 0.6 is 0 Å². The van der Waals surface area contributed by atoms with Crippen LogP contribution < -0.4 is 10.4 Å². The van der Waals surface area contributed by atoms with Crippen LogP contribution in [0.1, 0.15) is 74.7 Å². The molecule has 0 saturated heterocycles. The molecule has 5 heteroatoms. The number of allylic oxidation sites excluding steroid dienone is 3.